The van der Waals surface area contributed by atoms with Crippen molar-refractivity contribution < 1.29 is 19.4 Å². The van der Waals surface area contributed by atoms with Gasteiger partial charge in [-0.25, -0.2) is 4.79 Å². The Labute approximate surface area is 115 Å². The fraction of sp³-hybridized carbons (Fsp3) is 0.429. The highest BCUT2D eigenvalue weighted by Gasteiger charge is 2.14. The first-order valence-corrected chi connectivity index (χ1v) is 6.56. The van der Waals surface area contributed by atoms with Crippen molar-refractivity contribution in [3.63, 3.8) is 0 Å². The molecule has 20 heavy (non-hydrogen) atoms. The van der Waals surface area contributed by atoms with Crippen LogP contribution in [-0.4, -0.2) is 20.7 Å². The van der Waals surface area contributed by atoms with Crippen LogP contribution in [0.4, 0.5) is 0 Å². The molecule has 1 heterocycles. The molecular formula is C14H17NO5. The predicted octanol–water partition coefficient (Wildman–Crippen LogP) is 1.90. The molecule has 1 aromatic carbocycles. The molecule has 0 radical (unpaired) electrons. The predicted molar refractivity (Wildman–Crippen MR) is 72.6 cm³/mol. The first-order valence-electron chi connectivity index (χ1n) is 6.56. The van der Waals surface area contributed by atoms with Gasteiger partial charge in [0.05, 0.1) is 11.6 Å². The average molecular weight is 279 g/mol. The highest BCUT2D eigenvalue weighted by atomic mass is 16.4. The lowest BCUT2D eigenvalue weighted by molar-refractivity contribution is -0.137. The van der Waals surface area contributed by atoms with Crippen LogP contribution in [0.3, 0.4) is 0 Å². The molecule has 0 amide bonds. The largest absolute Gasteiger partial charge is 0.481 e. The summed E-state index contributed by atoms with van der Waals surface area (Å²) in [6, 6.07) is 5.00. The molecule has 0 spiro atoms. The average Bonchev–Trinajstić information content (AvgIpc) is 2.72. The number of benzene rings is 1. The molecule has 0 saturated carbocycles. The summed E-state index contributed by atoms with van der Waals surface area (Å²) in [6.45, 7) is 2.54. The summed E-state index contributed by atoms with van der Waals surface area (Å²) < 4.78 is 6.69. The fourth-order valence-electron chi connectivity index (χ4n) is 2.15. The number of aliphatic carboxylic acids is 1. The van der Waals surface area contributed by atoms with E-state index >= 15 is 0 Å². The third-order valence-electron chi connectivity index (χ3n) is 3.16. The first kappa shape index (κ1) is 14.3. The maximum Gasteiger partial charge on any atom is 0.419 e. The van der Waals surface area contributed by atoms with Crippen LogP contribution in [0.1, 0.15) is 37.9 Å². The van der Waals surface area contributed by atoms with Crippen molar-refractivity contribution in [2.75, 3.05) is 0 Å². The number of carboxylic acids is 1. The van der Waals surface area contributed by atoms with Crippen LogP contribution in [0.25, 0.3) is 11.1 Å². The molecule has 108 valence electrons. The normalized spacial score (nSPS) is 12.7. The van der Waals surface area contributed by atoms with Crippen LogP contribution in [-0.2, 0) is 11.3 Å². The van der Waals surface area contributed by atoms with Gasteiger partial charge >= 0.3 is 11.7 Å². The number of aryl methyl sites for hydroxylation is 1. The second-order valence-electron chi connectivity index (χ2n) is 4.69. The van der Waals surface area contributed by atoms with Gasteiger partial charge in [-0.05, 0) is 30.5 Å². The zero-order valence-corrected chi connectivity index (χ0v) is 11.2. The number of nitrogens with zero attached hydrogens (tertiary/aromatic N) is 1. The number of carbonyl (C=O) groups is 1. The molecule has 0 saturated heterocycles. The molecular weight excluding hydrogens is 262 g/mol. The number of aromatic nitrogens is 1. The number of fused-ring (bicyclic) bond motifs is 1. The Morgan fingerprint density at radius 1 is 1.45 bits per heavy atom. The number of rotatable bonds is 6. The van der Waals surface area contributed by atoms with Gasteiger partial charge in [-0.3, -0.25) is 9.36 Å². The molecule has 0 fully saturated rings. The lowest BCUT2D eigenvalue weighted by Crippen LogP contribution is -2.13. The van der Waals surface area contributed by atoms with E-state index in [0.29, 0.717) is 23.2 Å². The number of hydrogen-bond donors (Lipinski definition) is 2. The van der Waals surface area contributed by atoms with Gasteiger partial charge in [0.15, 0.2) is 5.58 Å². The summed E-state index contributed by atoms with van der Waals surface area (Å²) in [7, 11) is 0. The number of oxazole rings is 1. The minimum Gasteiger partial charge on any atom is -0.481 e. The SMILES string of the molecule is CCCn1c(=O)oc2cc(C(O)CCC(=O)O)ccc21. The number of aliphatic hydroxyl groups excluding tert-OH is 1. The lowest BCUT2D eigenvalue weighted by Gasteiger charge is -2.09. The molecule has 0 aliphatic rings. The molecule has 2 aromatic rings. The zero-order chi connectivity index (χ0) is 14.7. The van der Waals surface area contributed by atoms with Gasteiger partial charge in [-0.2, -0.15) is 0 Å². The summed E-state index contributed by atoms with van der Waals surface area (Å²) in [6.07, 6.45) is -0.0477. The second kappa shape index (κ2) is 5.92. The van der Waals surface area contributed by atoms with Crippen LogP contribution >= 0.6 is 0 Å². The van der Waals surface area contributed by atoms with E-state index in [2.05, 4.69) is 0 Å². The maximum absolute atomic E-state index is 11.7. The van der Waals surface area contributed by atoms with Crippen LogP contribution in [0.15, 0.2) is 27.4 Å². The van der Waals surface area contributed by atoms with Crippen LogP contribution in [0.5, 0.6) is 0 Å². The molecule has 6 heteroatoms. The Kier molecular flexibility index (Phi) is 4.24. The molecule has 1 atom stereocenters. The smallest absolute Gasteiger partial charge is 0.419 e. The third kappa shape index (κ3) is 2.91. The highest BCUT2D eigenvalue weighted by Crippen LogP contribution is 2.23. The summed E-state index contributed by atoms with van der Waals surface area (Å²) in [5.74, 6) is -1.37. The van der Waals surface area contributed by atoms with Crippen molar-refractivity contribution in [3.05, 3.63) is 34.3 Å². The van der Waals surface area contributed by atoms with Gasteiger partial charge in [0.25, 0.3) is 0 Å². The lowest BCUT2D eigenvalue weighted by atomic mass is 10.0. The van der Waals surface area contributed by atoms with Crippen molar-refractivity contribution in [2.24, 2.45) is 0 Å². The number of hydrogen-bond acceptors (Lipinski definition) is 4. The molecule has 0 bridgehead atoms. The van der Waals surface area contributed by atoms with E-state index in [1.54, 1.807) is 22.8 Å². The summed E-state index contributed by atoms with van der Waals surface area (Å²) in [5, 5.41) is 18.5. The van der Waals surface area contributed by atoms with Gasteiger partial charge in [0.2, 0.25) is 0 Å². The first-order chi connectivity index (χ1) is 9.52. The van der Waals surface area contributed by atoms with E-state index in [9.17, 15) is 14.7 Å². The van der Waals surface area contributed by atoms with Gasteiger partial charge in [0, 0.05) is 13.0 Å². The van der Waals surface area contributed by atoms with Crippen LogP contribution in [0.2, 0.25) is 0 Å². The summed E-state index contributed by atoms with van der Waals surface area (Å²) >= 11 is 0. The third-order valence-corrected chi connectivity index (χ3v) is 3.16. The summed E-state index contributed by atoms with van der Waals surface area (Å²) in [5.41, 5.74) is 1.65. The van der Waals surface area contributed by atoms with E-state index in [1.807, 2.05) is 6.92 Å². The molecule has 2 rings (SSSR count). The Morgan fingerprint density at radius 2 is 2.20 bits per heavy atom. The van der Waals surface area contributed by atoms with E-state index in [-0.39, 0.29) is 12.8 Å². The Bertz CT molecular complexity index is 670. The van der Waals surface area contributed by atoms with E-state index < -0.39 is 17.8 Å². The van der Waals surface area contributed by atoms with Crippen molar-refractivity contribution >= 4 is 17.1 Å². The van der Waals surface area contributed by atoms with E-state index in [4.69, 9.17) is 9.52 Å². The maximum atomic E-state index is 11.7. The Balaban J connectivity index is 2.30. The van der Waals surface area contributed by atoms with E-state index in [1.165, 1.54) is 0 Å². The fourth-order valence-corrected chi connectivity index (χ4v) is 2.15. The van der Waals surface area contributed by atoms with E-state index in [0.717, 1.165) is 6.42 Å². The van der Waals surface area contributed by atoms with Crippen LogP contribution in [0, 0.1) is 0 Å². The minimum atomic E-state index is -0.953. The Hall–Kier alpha value is -2.08. The number of aliphatic hydroxyl groups is 1. The molecule has 6 nitrogen and oxygen atoms in total. The van der Waals surface area contributed by atoms with Crippen LogP contribution < -0.4 is 5.76 Å². The zero-order valence-electron chi connectivity index (χ0n) is 11.2. The topological polar surface area (TPSA) is 92.7 Å². The van der Waals surface area contributed by atoms with Crippen molar-refractivity contribution in [2.45, 2.75) is 38.8 Å². The molecule has 2 N–H and O–H groups in total. The van der Waals surface area contributed by atoms with Gasteiger partial charge in [0.1, 0.15) is 0 Å². The standard InChI is InChI=1S/C14H17NO5/c1-2-7-15-10-4-3-9(8-12(10)20-14(15)19)11(16)5-6-13(17)18/h3-4,8,11,16H,2,5-7H2,1H3,(H,17,18). The van der Waals surface area contributed by atoms with Gasteiger partial charge in [-0.15, -0.1) is 0 Å². The number of carboxylic acid groups (broad SMARTS) is 1. The molecule has 0 aliphatic heterocycles. The Morgan fingerprint density at radius 3 is 2.85 bits per heavy atom. The highest BCUT2D eigenvalue weighted by molar-refractivity contribution is 5.74. The molecule has 1 aromatic heterocycles. The molecule has 1 unspecified atom stereocenters. The quantitative estimate of drug-likeness (QED) is 0.842. The van der Waals surface area contributed by atoms with Gasteiger partial charge < -0.3 is 14.6 Å². The van der Waals surface area contributed by atoms with Crippen molar-refractivity contribution in [3.8, 4) is 0 Å². The second-order valence-corrected chi connectivity index (χ2v) is 4.69. The van der Waals surface area contributed by atoms with Crippen molar-refractivity contribution in [1.29, 1.82) is 0 Å². The van der Waals surface area contributed by atoms with Crippen molar-refractivity contribution in [1.82, 2.24) is 4.57 Å². The molecule has 0 aliphatic carbocycles. The monoisotopic (exact) mass is 279 g/mol. The summed E-state index contributed by atoms with van der Waals surface area (Å²) in [4.78, 5) is 22.2. The minimum absolute atomic E-state index is 0.111. The van der Waals surface area contributed by atoms with Gasteiger partial charge in [-0.1, -0.05) is 13.0 Å².